The molecule has 2 aromatic carbocycles. The minimum absolute atomic E-state index is 0.0840. The van der Waals surface area contributed by atoms with Gasteiger partial charge >= 0.3 is 0 Å². The van der Waals surface area contributed by atoms with Gasteiger partial charge in [0, 0.05) is 19.5 Å². The van der Waals surface area contributed by atoms with Gasteiger partial charge < -0.3 is 10.1 Å². The monoisotopic (exact) mass is 438 g/mol. The Kier molecular flexibility index (Phi) is 8.79. The molecule has 2 rings (SSSR count). The lowest BCUT2D eigenvalue weighted by molar-refractivity contribution is -0.121. The van der Waals surface area contributed by atoms with Gasteiger partial charge in [-0.25, -0.2) is 8.42 Å². The number of aryl methyl sites for hydroxylation is 1. The van der Waals surface area contributed by atoms with Crippen molar-refractivity contribution in [1.29, 1.82) is 0 Å². The highest BCUT2D eigenvalue weighted by Gasteiger charge is 2.18. The molecule has 0 unspecified atom stereocenters. The Morgan fingerprint density at radius 1 is 1.14 bits per heavy atom. The number of halogens is 1. The minimum Gasteiger partial charge on any atom is -0.495 e. The first kappa shape index (κ1) is 23.0. The number of anilines is 1. The van der Waals surface area contributed by atoms with Gasteiger partial charge in [-0.05, 0) is 43.0 Å². The molecule has 0 fully saturated rings. The van der Waals surface area contributed by atoms with Crippen molar-refractivity contribution < 1.29 is 17.9 Å². The molecule has 29 heavy (non-hydrogen) atoms. The van der Waals surface area contributed by atoms with Gasteiger partial charge in [0.05, 0.1) is 24.1 Å². The number of nitrogens with zero attached hydrogens (tertiary/aromatic N) is 1. The molecule has 0 saturated heterocycles. The predicted octanol–water partition coefficient (Wildman–Crippen LogP) is 3.64. The van der Waals surface area contributed by atoms with Crippen molar-refractivity contribution in [3.63, 3.8) is 0 Å². The predicted molar refractivity (Wildman–Crippen MR) is 117 cm³/mol. The Morgan fingerprint density at radius 3 is 2.48 bits per heavy atom. The van der Waals surface area contributed by atoms with Crippen LogP contribution in [-0.4, -0.2) is 40.8 Å². The van der Waals surface area contributed by atoms with Crippen LogP contribution in [0.1, 0.15) is 24.8 Å². The summed E-state index contributed by atoms with van der Waals surface area (Å²) in [5.41, 5.74) is 1.69. The van der Waals surface area contributed by atoms with Crippen LogP contribution in [0, 0.1) is 0 Å². The van der Waals surface area contributed by atoms with Gasteiger partial charge in [-0.1, -0.05) is 41.9 Å². The van der Waals surface area contributed by atoms with E-state index in [2.05, 4.69) is 17.4 Å². The number of hydrogen-bond donors (Lipinski definition) is 1. The highest BCUT2D eigenvalue weighted by atomic mass is 35.5. The molecule has 0 saturated carbocycles. The van der Waals surface area contributed by atoms with Crippen LogP contribution in [0.15, 0.2) is 48.5 Å². The third kappa shape index (κ3) is 7.59. The van der Waals surface area contributed by atoms with Crippen molar-refractivity contribution in [1.82, 2.24) is 5.32 Å². The zero-order valence-corrected chi connectivity index (χ0v) is 18.3. The average Bonchev–Trinajstić information content (AvgIpc) is 2.68. The van der Waals surface area contributed by atoms with E-state index in [1.54, 1.807) is 18.2 Å². The molecule has 2 aromatic rings. The molecule has 0 bridgehead atoms. The van der Waals surface area contributed by atoms with Gasteiger partial charge in [0.2, 0.25) is 15.9 Å². The Balaban J connectivity index is 1.80. The Morgan fingerprint density at radius 2 is 1.86 bits per heavy atom. The molecule has 0 aromatic heterocycles. The van der Waals surface area contributed by atoms with Crippen molar-refractivity contribution in [3.8, 4) is 5.75 Å². The van der Waals surface area contributed by atoms with Gasteiger partial charge in [0.25, 0.3) is 0 Å². The number of benzene rings is 2. The van der Waals surface area contributed by atoms with E-state index in [1.807, 2.05) is 18.2 Å². The van der Waals surface area contributed by atoms with Gasteiger partial charge in [0.15, 0.2) is 0 Å². The summed E-state index contributed by atoms with van der Waals surface area (Å²) < 4.78 is 30.7. The van der Waals surface area contributed by atoms with Crippen LogP contribution in [0.25, 0.3) is 0 Å². The van der Waals surface area contributed by atoms with E-state index in [1.165, 1.54) is 17.0 Å². The Labute approximate surface area is 177 Å². The molecule has 0 spiro atoms. The molecule has 6 nitrogen and oxygen atoms in total. The lowest BCUT2D eigenvalue weighted by Gasteiger charge is -2.23. The summed E-state index contributed by atoms with van der Waals surface area (Å²) in [6.07, 6.45) is 3.55. The van der Waals surface area contributed by atoms with Crippen LogP contribution in [0.5, 0.6) is 5.75 Å². The summed E-state index contributed by atoms with van der Waals surface area (Å²) in [7, 11) is -2.01. The third-order valence-corrected chi connectivity index (χ3v) is 5.89. The maximum atomic E-state index is 12.2. The smallest absolute Gasteiger partial charge is 0.232 e. The topological polar surface area (TPSA) is 75.7 Å². The maximum absolute atomic E-state index is 12.2. The second kappa shape index (κ2) is 11.1. The SMILES string of the molecule is COc1ccc(N(CCCC(=O)NCCCc2ccccc2)S(C)(=O)=O)cc1Cl. The van der Waals surface area contributed by atoms with E-state index in [4.69, 9.17) is 16.3 Å². The van der Waals surface area contributed by atoms with Gasteiger partial charge in [-0.3, -0.25) is 9.10 Å². The first-order valence-electron chi connectivity index (χ1n) is 9.43. The fraction of sp³-hybridized carbons (Fsp3) is 0.381. The summed E-state index contributed by atoms with van der Waals surface area (Å²) in [6, 6.07) is 14.9. The summed E-state index contributed by atoms with van der Waals surface area (Å²) in [6.45, 7) is 0.788. The largest absolute Gasteiger partial charge is 0.495 e. The highest BCUT2D eigenvalue weighted by Crippen LogP contribution is 2.30. The molecular weight excluding hydrogens is 412 g/mol. The molecule has 8 heteroatoms. The third-order valence-electron chi connectivity index (χ3n) is 4.40. The van der Waals surface area contributed by atoms with Crippen LogP contribution in [0.2, 0.25) is 5.02 Å². The molecule has 0 heterocycles. The lowest BCUT2D eigenvalue weighted by Crippen LogP contribution is -2.32. The summed E-state index contributed by atoms with van der Waals surface area (Å²) in [4.78, 5) is 12.0. The molecule has 0 radical (unpaired) electrons. The Hall–Kier alpha value is -2.25. The Bertz CT molecular complexity index is 904. The van der Waals surface area contributed by atoms with Gasteiger partial charge in [0.1, 0.15) is 5.75 Å². The minimum atomic E-state index is -3.50. The average molecular weight is 439 g/mol. The summed E-state index contributed by atoms with van der Waals surface area (Å²) in [5.74, 6) is 0.387. The number of carbonyl (C=O) groups excluding carboxylic acids is 1. The van der Waals surface area contributed by atoms with Crippen molar-refractivity contribution >= 4 is 33.2 Å². The number of amides is 1. The number of carbonyl (C=O) groups is 1. The van der Waals surface area contributed by atoms with E-state index in [9.17, 15) is 13.2 Å². The van der Waals surface area contributed by atoms with Crippen LogP contribution in [-0.2, 0) is 21.2 Å². The number of nitrogens with one attached hydrogen (secondary N) is 1. The van der Waals surface area contributed by atoms with Crippen molar-refractivity contribution in [2.75, 3.05) is 30.8 Å². The first-order chi connectivity index (χ1) is 13.8. The fourth-order valence-electron chi connectivity index (χ4n) is 2.93. The highest BCUT2D eigenvalue weighted by molar-refractivity contribution is 7.92. The van der Waals surface area contributed by atoms with Crippen LogP contribution in [0.3, 0.4) is 0 Å². The summed E-state index contributed by atoms with van der Waals surface area (Å²) in [5, 5.41) is 3.21. The number of rotatable bonds is 11. The quantitative estimate of drug-likeness (QED) is 0.543. The van der Waals surface area contributed by atoms with E-state index in [0.717, 1.165) is 19.1 Å². The zero-order valence-electron chi connectivity index (χ0n) is 16.7. The molecule has 0 aliphatic heterocycles. The second-order valence-corrected chi connectivity index (χ2v) is 9.01. The second-order valence-electron chi connectivity index (χ2n) is 6.70. The molecule has 0 aliphatic carbocycles. The van der Waals surface area contributed by atoms with E-state index in [0.29, 0.717) is 29.4 Å². The van der Waals surface area contributed by atoms with Gasteiger partial charge in [-0.2, -0.15) is 0 Å². The van der Waals surface area contributed by atoms with Gasteiger partial charge in [-0.15, -0.1) is 0 Å². The van der Waals surface area contributed by atoms with Crippen molar-refractivity contribution in [2.24, 2.45) is 0 Å². The fourth-order valence-corrected chi connectivity index (χ4v) is 4.14. The number of sulfonamides is 1. The van der Waals surface area contributed by atoms with Crippen LogP contribution >= 0.6 is 11.6 Å². The number of ether oxygens (including phenoxy) is 1. The number of hydrogen-bond acceptors (Lipinski definition) is 4. The van der Waals surface area contributed by atoms with Crippen molar-refractivity contribution in [2.45, 2.75) is 25.7 Å². The van der Waals surface area contributed by atoms with E-state index < -0.39 is 10.0 Å². The molecule has 1 amide bonds. The lowest BCUT2D eigenvalue weighted by atomic mass is 10.1. The molecule has 0 atom stereocenters. The molecular formula is C21H27ClN2O4S. The number of methoxy groups -OCH3 is 1. The normalized spacial score (nSPS) is 11.1. The summed E-state index contributed by atoms with van der Waals surface area (Å²) >= 11 is 6.11. The van der Waals surface area contributed by atoms with E-state index >= 15 is 0 Å². The first-order valence-corrected chi connectivity index (χ1v) is 11.7. The molecule has 158 valence electrons. The van der Waals surface area contributed by atoms with E-state index in [-0.39, 0.29) is 18.9 Å². The standard InChI is InChI=1S/C21H27ClN2O4S/c1-28-20-13-12-18(16-19(20)22)24(29(2,26)27)15-7-11-21(25)23-14-6-10-17-8-4-3-5-9-17/h3-5,8-9,12-13,16H,6-7,10-11,14-15H2,1-2H3,(H,23,25). The van der Waals surface area contributed by atoms with Crippen LogP contribution in [0.4, 0.5) is 5.69 Å². The van der Waals surface area contributed by atoms with Crippen molar-refractivity contribution in [3.05, 3.63) is 59.1 Å². The molecule has 0 aliphatic rings. The van der Waals surface area contributed by atoms with Crippen LogP contribution < -0.4 is 14.4 Å². The maximum Gasteiger partial charge on any atom is 0.232 e. The zero-order chi connectivity index (χ0) is 21.3. The molecule has 1 N–H and O–H groups in total.